The highest BCUT2D eigenvalue weighted by Gasteiger charge is 2.14. The van der Waals surface area contributed by atoms with Crippen LogP contribution in [0.1, 0.15) is 51.5 Å². The highest BCUT2D eigenvalue weighted by Crippen LogP contribution is 2.20. The molecule has 1 heterocycles. The van der Waals surface area contributed by atoms with Gasteiger partial charge in [-0.25, -0.2) is 8.42 Å². The van der Waals surface area contributed by atoms with Gasteiger partial charge in [0, 0.05) is 5.56 Å². The lowest BCUT2D eigenvalue weighted by atomic mass is 10.0. The zero-order valence-corrected chi connectivity index (χ0v) is 15.5. The third kappa shape index (κ3) is 5.82. The van der Waals surface area contributed by atoms with E-state index in [1.54, 1.807) is 20.1 Å². The molecule has 0 fully saturated rings. The standard InChI is InChI=1S/C20H28O3S/c1-17(2)24(21,22)16-7-5-3-4-6-9-18-11-13-19(14-12-18)20-10-8-15-23-20/h8,10-15,17H,3-7,9,16H2,1-2H3. The summed E-state index contributed by atoms with van der Waals surface area (Å²) in [7, 11) is -2.86. The van der Waals surface area contributed by atoms with Crippen LogP contribution in [0.15, 0.2) is 47.1 Å². The molecule has 0 aliphatic rings. The molecule has 0 radical (unpaired) electrons. The number of benzene rings is 1. The molecule has 0 atom stereocenters. The molecule has 0 aliphatic carbocycles. The van der Waals surface area contributed by atoms with Crippen LogP contribution in [0.5, 0.6) is 0 Å². The predicted octanol–water partition coefficient (Wildman–Crippen LogP) is 5.26. The Morgan fingerprint density at radius 3 is 2.21 bits per heavy atom. The van der Waals surface area contributed by atoms with Gasteiger partial charge in [0.1, 0.15) is 5.76 Å². The first kappa shape index (κ1) is 18.8. The Morgan fingerprint density at radius 1 is 0.917 bits per heavy atom. The van der Waals surface area contributed by atoms with E-state index in [4.69, 9.17) is 4.42 Å². The van der Waals surface area contributed by atoms with E-state index in [0.717, 1.165) is 49.8 Å². The van der Waals surface area contributed by atoms with E-state index in [1.165, 1.54) is 5.56 Å². The van der Waals surface area contributed by atoms with Gasteiger partial charge in [-0.3, -0.25) is 0 Å². The monoisotopic (exact) mass is 348 g/mol. The molecular formula is C20H28O3S. The number of aryl methyl sites for hydroxylation is 1. The van der Waals surface area contributed by atoms with Crippen molar-refractivity contribution < 1.29 is 12.8 Å². The van der Waals surface area contributed by atoms with E-state index in [-0.39, 0.29) is 5.25 Å². The van der Waals surface area contributed by atoms with Crippen LogP contribution in [0, 0.1) is 0 Å². The SMILES string of the molecule is CC(C)S(=O)(=O)CCCCCCCc1ccc(-c2ccco2)cc1. The molecular weight excluding hydrogens is 320 g/mol. The first-order valence-corrected chi connectivity index (χ1v) is 10.5. The zero-order valence-electron chi connectivity index (χ0n) is 14.7. The number of hydrogen-bond donors (Lipinski definition) is 0. The Labute approximate surface area is 146 Å². The molecule has 0 saturated heterocycles. The van der Waals surface area contributed by atoms with Crippen LogP contribution < -0.4 is 0 Å². The second kappa shape index (κ2) is 9.07. The van der Waals surface area contributed by atoms with E-state index >= 15 is 0 Å². The fraction of sp³-hybridized carbons (Fsp3) is 0.500. The van der Waals surface area contributed by atoms with E-state index in [0.29, 0.717) is 5.75 Å². The van der Waals surface area contributed by atoms with Crippen molar-refractivity contribution in [3.63, 3.8) is 0 Å². The molecule has 132 valence electrons. The molecule has 0 unspecified atom stereocenters. The summed E-state index contributed by atoms with van der Waals surface area (Å²) >= 11 is 0. The molecule has 0 spiro atoms. The molecule has 2 aromatic rings. The van der Waals surface area contributed by atoms with Crippen LogP contribution in [-0.4, -0.2) is 19.4 Å². The summed E-state index contributed by atoms with van der Waals surface area (Å²) in [4.78, 5) is 0. The lowest BCUT2D eigenvalue weighted by molar-refractivity contribution is 0.577. The normalized spacial score (nSPS) is 12.0. The Hall–Kier alpha value is -1.55. The van der Waals surface area contributed by atoms with Crippen LogP contribution >= 0.6 is 0 Å². The van der Waals surface area contributed by atoms with Crippen molar-refractivity contribution in [3.05, 3.63) is 48.2 Å². The van der Waals surface area contributed by atoms with Crippen molar-refractivity contribution in [1.29, 1.82) is 0 Å². The highest BCUT2D eigenvalue weighted by atomic mass is 32.2. The molecule has 0 aliphatic heterocycles. The molecule has 0 amide bonds. The fourth-order valence-corrected chi connectivity index (χ4v) is 3.75. The van der Waals surface area contributed by atoms with E-state index < -0.39 is 9.84 Å². The minimum absolute atomic E-state index is 0.248. The summed E-state index contributed by atoms with van der Waals surface area (Å²) in [6.45, 7) is 3.51. The number of hydrogen-bond acceptors (Lipinski definition) is 3. The van der Waals surface area contributed by atoms with Crippen LogP contribution in [0.4, 0.5) is 0 Å². The minimum atomic E-state index is -2.86. The van der Waals surface area contributed by atoms with Crippen molar-refractivity contribution in [2.75, 3.05) is 5.75 Å². The molecule has 0 saturated carbocycles. The molecule has 3 nitrogen and oxygen atoms in total. The Bertz CT molecular complexity index is 683. The van der Waals surface area contributed by atoms with Gasteiger partial charge < -0.3 is 4.42 Å². The number of furan rings is 1. The Balaban J connectivity index is 1.61. The van der Waals surface area contributed by atoms with Gasteiger partial charge in [-0.05, 0) is 50.8 Å². The minimum Gasteiger partial charge on any atom is -0.464 e. The van der Waals surface area contributed by atoms with E-state index in [2.05, 4.69) is 24.3 Å². The Morgan fingerprint density at radius 2 is 1.58 bits per heavy atom. The third-order valence-electron chi connectivity index (χ3n) is 4.37. The van der Waals surface area contributed by atoms with Gasteiger partial charge in [0.15, 0.2) is 9.84 Å². The van der Waals surface area contributed by atoms with Gasteiger partial charge in [0.25, 0.3) is 0 Å². The van der Waals surface area contributed by atoms with E-state index in [9.17, 15) is 8.42 Å². The van der Waals surface area contributed by atoms with Crippen LogP contribution in [0.3, 0.4) is 0 Å². The summed E-state index contributed by atoms with van der Waals surface area (Å²) in [5, 5.41) is -0.248. The van der Waals surface area contributed by atoms with Gasteiger partial charge in [-0.1, -0.05) is 43.5 Å². The maximum Gasteiger partial charge on any atom is 0.152 e. The van der Waals surface area contributed by atoms with Gasteiger partial charge in [-0.15, -0.1) is 0 Å². The second-order valence-corrected chi connectivity index (χ2v) is 9.28. The summed E-state index contributed by atoms with van der Waals surface area (Å²) in [6, 6.07) is 12.4. The molecule has 24 heavy (non-hydrogen) atoms. The largest absolute Gasteiger partial charge is 0.464 e. The van der Waals surface area contributed by atoms with Crippen LogP contribution in [0.25, 0.3) is 11.3 Å². The summed E-state index contributed by atoms with van der Waals surface area (Å²) < 4.78 is 28.8. The summed E-state index contributed by atoms with van der Waals surface area (Å²) in [5.41, 5.74) is 2.45. The predicted molar refractivity (Wildman–Crippen MR) is 99.9 cm³/mol. The Kier molecular flexibility index (Phi) is 7.10. The smallest absolute Gasteiger partial charge is 0.152 e. The maximum atomic E-state index is 11.7. The average molecular weight is 349 g/mol. The maximum absolute atomic E-state index is 11.7. The van der Waals surface area contributed by atoms with Crippen molar-refractivity contribution in [3.8, 4) is 11.3 Å². The first-order valence-electron chi connectivity index (χ1n) is 8.83. The van der Waals surface area contributed by atoms with Gasteiger partial charge in [-0.2, -0.15) is 0 Å². The zero-order chi connectivity index (χ0) is 17.4. The highest BCUT2D eigenvalue weighted by molar-refractivity contribution is 7.91. The summed E-state index contributed by atoms with van der Waals surface area (Å²) in [5.74, 6) is 1.23. The van der Waals surface area contributed by atoms with Crippen molar-refractivity contribution in [1.82, 2.24) is 0 Å². The van der Waals surface area contributed by atoms with Gasteiger partial charge >= 0.3 is 0 Å². The average Bonchev–Trinajstić information content (AvgIpc) is 3.09. The fourth-order valence-electron chi connectivity index (χ4n) is 2.68. The molecule has 0 N–H and O–H groups in total. The lowest BCUT2D eigenvalue weighted by Crippen LogP contribution is -2.17. The second-order valence-electron chi connectivity index (χ2n) is 6.61. The van der Waals surface area contributed by atoms with E-state index in [1.807, 2.05) is 12.1 Å². The molecule has 2 rings (SSSR count). The van der Waals surface area contributed by atoms with Gasteiger partial charge in [0.05, 0.1) is 17.3 Å². The molecule has 1 aromatic carbocycles. The molecule has 0 bridgehead atoms. The topological polar surface area (TPSA) is 47.3 Å². The quantitative estimate of drug-likeness (QED) is 0.550. The number of unbranched alkanes of at least 4 members (excludes halogenated alkanes) is 4. The molecule has 1 aromatic heterocycles. The summed E-state index contributed by atoms with van der Waals surface area (Å²) in [6.07, 6.45) is 7.97. The van der Waals surface area contributed by atoms with Crippen LogP contribution in [-0.2, 0) is 16.3 Å². The van der Waals surface area contributed by atoms with Crippen molar-refractivity contribution >= 4 is 9.84 Å². The number of rotatable bonds is 10. The first-order chi connectivity index (χ1) is 11.5. The van der Waals surface area contributed by atoms with Gasteiger partial charge in [0.2, 0.25) is 0 Å². The van der Waals surface area contributed by atoms with Crippen molar-refractivity contribution in [2.24, 2.45) is 0 Å². The third-order valence-corrected chi connectivity index (χ3v) is 6.67. The number of sulfone groups is 1. The molecule has 4 heteroatoms. The lowest BCUT2D eigenvalue weighted by Gasteiger charge is -2.07. The van der Waals surface area contributed by atoms with Crippen molar-refractivity contribution in [2.45, 2.75) is 57.6 Å². The van der Waals surface area contributed by atoms with Crippen LogP contribution in [0.2, 0.25) is 0 Å².